The van der Waals surface area contributed by atoms with Gasteiger partial charge in [0.1, 0.15) is 5.03 Å². The number of thiazole rings is 1. The van der Waals surface area contributed by atoms with Crippen LogP contribution in [0.4, 0.5) is 5.69 Å². The molecule has 0 aliphatic rings. The molecule has 0 aliphatic heterocycles. The van der Waals surface area contributed by atoms with Crippen molar-refractivity contribution in [3.8, 4) is 5.88 Å². The Bertz CT molecular complexity index is 555. The highest BCUT2D eigenvalue weighted by Crippen LogP contribution is 2.31. The zero-order valence-electron chi connectivity index (χ0n) is 11.2. The van der Waals surface area contributed by atoms with Gasteiger partial charge in [0.15, 0.2) is 4.34 Å². The van der Waals surface area contributed by atoms with Crippen LogP contribution in [-0.4, -0.2) is 16.6 Å². The van der Waals surface area contributed by atoms with Crippen molar-refractivity contribution in [2.75, 3.05) is 12.3 Å². The lowest BCUT2D eigenvalue weighted by Gasteiger charge is -2.10. The quantitative estimate of drug-likeness (QED) is 0.913. The van der Waals surface area contributed by atoms with Crippen LogP contribution in [0.2, 0.25) is 0 Å². The van der Waals surface area contributed by atoms with Crippen LogP contribution >= 0.6 is 23.1 Å². The van der Waals surface area contributed by atoms with E-state index in [0.717, 1.165) is 15.1 Å². The average molecular weight is 295 g/mol. The average Bonchev–Trinajstić information content (AvgIpc) is 2.75. The second kappa shape index (κ2) is 6.25. The zero-order chi connectivity index (χ0) is 13.8. The zero-order valence-corrected chi connectivity index (χ0v) is 12.8. The predicted molar refractivity (Wildman–Crippen MR) is 80.0 cm³/mol. The Morgan fingerprint density at radius 2 is 2.16 bits per heavy atom. The van der Waals surface area contributed by atoms with Gasteiger partial charge in [-0.2, -0.15) is 0 Å². The van der Waals surface area contributed by atoms with Gasteiger partial charge in [0, 0.05) is 11.1 Å². The summed E-state index contributed by atoms with van der Waals surface area (Å²) in [6.07, 6.45) is 0. The smallest absolute Gasteiger partial charge is 0.238 e. The van der Waals surface area contributed by atoms with Gasteiger partial charge >= 0.3 is 0 Å². The molecule has 2 heterocycles. The normalized spacial score (nSPS) is 10.9. The molecule has 2 aromatic rings. The van der Waals surface area contributed by atoms with E-state index < -0.39 is 0 Å². The maximum Gasteiger partial charge on any atom is 0.238 e. The molecule has 4 nitrogen and oxygen atoms in total. The number of pyridine rings is 1. The molecule has 0 atom stereocenters. The highest BCUT2D eigenvalue weighted by atomic mass is 32.2. The second-order valence-corrected chi connectivity index (χ2v) is 6.73. The fourth-order valence-corrected chi connectivity index (χ4v) is 3.07. The van der Waals surface area contributed by atoms with Crippen LogP contribution in [0.5, 0.6) is 5.88 Å². The number of aromatic nitrogens is 2. The Balaban J connectivity index is 2.11. The molecule has 0 spiro atoms. The number of rotatable bonds is 5. The first-order valence-corrected chi connectivity index (χ1v) is 7.73. The van der Waals surface area contributed by atoms with E-state index in [1.807, 2.05) is 24.4 Å². The van der Waals surface area contributed by atoms with Crippen LogP contribution in [0.25, 0.3) is 0 Å². The number of hydrogen-bond acceptors (Lipinski definition) is 6. The third-order valence-corrected chi connectivity index (χ3v) is 4.20. The summed E-state index contributed by atoms with van der Waals surface area (Å²) in [5.74, 6) is 0.950. The summed E-state index contributed by atoms with van der Waals surface area (Å²) in [6.45, 7) is 6.77. The molecule has 0 aromatic carbocycles. The highest BCUT2D eigenvalue weighted by molar-refractivity contribution is 8.01. The number of nitrogens with two attached hydrogens (primary N) is 1. The topological polar surface area (TPSA) is 61.0 Å². The molecular weight excluding hydrogens is 278 g/mol. The minimum absolute atomic E-state index is 0.444. The fourth-order valence-electron chi connectivity index (χ4n) is 1.32. The molecular formula is C13H17N3OS2. The Morgan fingerprint density at radius 3 is 2.79 bits per heavy atom. The maximum absolute atomic E-state index is 5.86. The number of anilines is 1. The van der Waals surface area contributed by atoms with Gasteiger partial charge in [-0.1, -0.05) is 13.8 Å². The summed E-state index contributed by atoms with van der Waals surface area (Å²) in [6, 6.07) is 3.71. The Hall–Kier alpha value is -1.27. The van der Waals surface area contributed by atoms with Gasteiger partial charge in [-0.15, -0.1) is 11.3 Å². The molecule has 0 unspecified atom stereocenters. The molecule has 19 heavy (non-hydrogen) atoms. The van der Waals surface area contributed by atoms with Crippen molar-refractivity contribution < 1.29 is 4.74 Å². The molecule has 0 fully saturated rings. The van der Waals surface area contributed by atoms with Crippen molar-refractivity contribution in [1.82, 2.24) is 9.97 Å². The van der Waals surface area contributed by atoms with Gasteiger partial charge in [0.05, 0.1) is 12.3 Å². The minimum Gasteiger partial charge on any atom is -0.476 e. The summed E-state index contributed by atoms with van der Waals surface area (Å²) in [7, 11) is 0. The molecule has 0 amide bonds. The SMILES string of the molecule is Cc1csc(Sc2ccc(N)c(OCC(C)C)n2)n1. The van der Waals surface area contributed by atoms with E-state index in [2.05, 4.69) is 23.8 Å². The molecule has 0 radical (unpaired) electrons. The number of nitrogens with zero attached hydrogens (tertiary/aromatic N) is 2. The van der Waals surface area contributed by atoms with E-state index in [4.69, 9.17) is 10.5 Å². The maximum atomic E-state index is 5.86. The molecule has 0 bridgehead atoms. The lowest BCUT2D eigenvalue weighted by Crippen LogP contribution is -2.07. The highest BCUT2D eigenvalue weighted by Gasteiger charge is 2.08. The molecule has 102 valence electrons. The van der Waals surface area contributed by atoms with Gasteiger partial charge in [-0.25, -0.2) is 9.97 Å². The van der Waals surface area contributed by atoms with Crippen molar-refractivity contribution in [1.29, 1.82) is 0 Å². The Kier molecular flexibility index (Phi) is 4.66. The van der Waals surface area contributed by atoms with Gasteiger partial charge in [0.25, 0.3) is 0 Å². The molecule has 2 aromatic heterocycles. The van der Waals surface area contributed by atoms with Gasteiger partial charge < -0.3 is 10.5 Å². The van der Waals surface area contributed by atoms with Crippen LogP contribution in [0.3, 0.4) is 0 Å². The summed E-state index contributed by atoms with van der Waals surface area (Å²) in [4.78, 5) is 8.83. The summed E-state index contributed by atoms with van der Waals surface area (Å²) < 4.78 is 6.59. The van der Waals surface area contributed by atoms with Crippen molar-refractivity contribution in [3.63, 3.8) is 0 Å². The van der Waals surface area contributed by atoms with Crippen LogP contribution < -0.4 is 10.5 Å². The van der Waals surface area contributed by atoms with Gasteiger partial charge in [-0.05, 0) is 36.7 Å². The molecule has 0 saturated heterocycles. The predicted octanol–water partition coefficient (Wildman–Crippen LogP) is 3.61. The monoisotopic (exact) mass is 295 g/mol. The number of ether oxygens (including phenoxy) is 1. The molecule has 0 aliphatic carbocycles. The van der Waals surface area contributed by atoms with Gasteiger partial charge in [0.2, 0.25) is 5.88 Å². The van der Waals surface area contributed by atoms with E-state index >= 15 is 0 Å². The lowest BCUT2D eigenvalue weighted by molar-refractivity contribution is 0.261. The molecule has 0 saturated carbocycles. The molecule has 2 N–H and O–H groups in total. The summed E-state index contributed by atoms with van der Waals surface area (Å²) in [5, 5.41) is 2.87. The Labute approximate surface area is 121 Å². The first-order chi connectivity index (χ1) is 9.04. The number of nitrogen functional groups attached to an aromatic ring is 1. The fraction of sp³-hybridized carbons (Fsp3) is 0.385. The first-order valence-electron chi connectivity index (χ1n) is 6.04. The Morgan fingerprint density at radius 1 is 1.37 bits per heavy atom. The summed E-state index contributed by atoms with van der Waals surface area (Å²) >= 11 is 3.14. The lowest BCUT2D eigenvalue weighted by atomic mass is 10.2. The van der Waals surface area contributed by atoms with E-state index in [0.29, 0.717) is 24.1 Å². The van der Waals surface area contributed by atoms with Crippen LogP contribution in [-0.2, 0) is 0 Å². The van der Waals surface area contributed by atoms with E-state index in [1.165, 1.54) is 11.8 Å². The van der Waals surface area contributed by atoms with Crippen molar-refractivity contribution in [2.24, 2.45) is 5.92 Å². The van der Waals surface area contributed by atoms with Crippen molar-refractivity contribution >= 4 is 28.8 Å². The first kappa shape index (κ1) is 14.1. The molecule has 6 heteroatoms. The van der Waals surface area contributed by atoms with Crippen LogP contribution in [0.1, 0.15) is 19.5 Å². The minimum atomic E-state index is 0.444. The second-order valence-electron chi connectivity index (χ2n) is 4.61. The third kappa shape index (κ3) is 4.11. The third-order valence-electron chi connectivity index (χ3n) is 2.21. The van der Waals surface area contributed by atoms with E-state index in [1.54, 1.807) is 11.3 Å². The van der Waals surface area contributed by atoms with Crippen LogP contribution in [0, 0.1) is 12.8 Å². The van der Waals surface area contributed by atoms with Crippen LogP contribution in [0.15, 0.2) is 26.9 Å². The summed E-state index contributed by atoms with van der Waals surface area (Å²) in [5.41, 5.74) is 7.46. The standard InChI is InChI=1S/C13H17N3OS2/c1-8(2)6-17-12-10(14)4-5-11(16-12)19-13-15-9(3)7-18-13/h4-5,7-8H,6,14H2,1-3H3. The van der Waals surface area contributed by atoms with Gasteiger partial charge in [-0.3, -0.25) is 0 Å². The van der Waals surface area contributed by atoms with Crippen molar-refractivity contribution in [2.45, 2.75) is 30.1 Å². The molecule has 2 rings (SSSR count). The number of aryl methyl sites for hydroxylation is 1. The van der Waals surface area contributed by atoms with Crippen molar-refractivity contribution in [3.05, 3.63) is 23.2 Å². The largest absolute Gasteiger partial charge is 0.476 e. The van der Waals surface area contributed by atoms with E-state index in [-0.39, 0.29) is 0 Å². The van der Waals surface area contributed by atoms with E-state index in [9.17, 15) is 0 Å². The number of hydrogen-bond donors (Lipinski definition) is 1.